The lowest BCUT2D eigenvalue weighted by atomic mass is 10.0. The van der Waals surface area contributed by atoms with Crippen LogP contribution in [0.2, 0.25) is 13.1 Å². The monoisotopic (exact) mass is 265 g/mol. The van der Waals surface area contributed by atoms with E-state index in [1.54, 1.807) is 21.6 Å². The van der Waals surface area contributed by atoms with Crippen molar-refractivity contribution in [1.29, 1.82) is 0 Å². The number of hydrogen-bond acceptors (Lipinski definition) is 1. The second kappa shape index (κ2) is 3.73. The lowest BCUT2D eigenvalue weighted by Gasteiger charge is -2.44. The fourth-order valence-electron chi connectivity index (χ4n) is 3.78. The third-order valence-electron chi connectivity index (χ3n) is 4.76. The topological polar surface area (TPSA) is 3.24 Å². The highest BCUT2D eigenvalue weighted by Crippen LogP contribution is 2.37. The molecule has 2 aliphatic heterocycles. The van der Waals surface area contributed by atoms with E-state index in [0.717, 1.165) is 0 Å². The molecule has 0 aliphatic carbocycles. The van der Waals surface area contributed by atoms with E-state index in [-0.39, 0.29) is 0 Å². The van der Waals surface area contributed by atoms with Crippen LogP contribution in [0, 0.1) is 0 Å². The molecule has 0 bridgehead atoms. The predicted octanol–water partition coefficient (Wildman–Crippen LogP) is 2.91. The molecule has 1 nitrogen and oxygen atoms in total. The first-order chi connectivity index (χ1) is 9.19. The molecule has 2 aliphatic rings. The van der Waals surface area contributed by atoms with E-state index in [0.29, 0.717) is 0 Å². The standard InChI is InChI=1S/C17H19NSi/c1-19(2)15-10-4-3-9-14(15)18-12-6-8-13-7-5-11-16(19)17(13)18/h3-5,7,9-11H,6,8,12H2,1-2H3. The first-order valence-corrected chi connectivity index (χ1v) is 10.2. The number of anilines is 2. The van der Waals surface area contributed by atoms with Gasteiger partial charge in [0.05, 0.1) is 0 Å². The molecule has 0 saturated carbocycles. The summed E-state index contributed by atoms with van der Waals surface area (Å²) >= 11 is 0. The van der Waals surface area contributed by atoms with Crippen LogP contribution in [0.25, 0.3) is 0 Å². The molecular weight excluding hydrogens is 246 g/mol. The van der Waals surface area contributed by atoms with Gasteiger partial charge in [0.1, 0.15) is 8.07 Å². The first kappa shape index (κ1) is 11.3. The number of para-hydroxylation sites is 2. The molecule has 0 N–H and O–H groups in total. The third kappa shape index (κ3) is 1.41. The zero-order chi connectivity index (χ0) is 13.0. The lowest BCUT2D eigenvalue weighted by molar-refractivity contribution is 0.768. The van der Waals surface area contributed by atoms with Crippen molar-refractivity contribution in [2.24, 2.45) is 0 Å². The van der Waals surface area contributed by atoms with E-state index >= 15 is 0 Å². The Labute approximate surface area is 115 Å². The molecule has 19 heavy (non-hydrogen) atoms. The highest BCUT2D eigenvalue weighted by molar-refractivity contribution is 7.02. The van der Waals surface area contributed by atoms with Crippen molar-refractivity contribution in [3.63, 3.8) is 0 Å². The summed E-state index contributed by atoms with van der Waals surface area (Å²) in [6.07, 6.45) is 2.51. The predicted molar refractivity (Wildman–Crippen MR) is 85.0 cm³/mol. The van der Waals surface area contributed by atoms with Gasteiger partial charge in [-0.15, -0.1) is 0 Å². The van der Waals surface area contributed by atoms with Crippen LogP contribution in [0.4, 0.5) is 11.4 Å². The van der Waals surface area contributed by atoms with Gasteiger partial charge in [0.15, 0.2) is 0 Å². The Hall–Kier alpha value is -1.54. The third-order valence-corrected chi connectivity index (χ3v) is 8.28. The molecule has 2 heterocycles. The van der Waals surface area contributed by atoms with Crippen LogP contribution < -0.4 is 15.3 Å². The van der Waals surface area contributed by atoms with Gasteiger partial charge in [-0.3, -0.25) is 0 Å². The fourth-order valence-corrected chi connectivity index (χ4v) is 6.84. The molecule has 96 valence electrons. The van der Waals surface area contributed by atoms with Crippen LogP contribution in [-0.2, 0) is 6.42 Å². The highest BCUT2D eigenvalue weighted by atomic mass is 28.3. The maximum atomic E-state index is 2.57. The van der Waals surface area contributed by atoms with E-state index in [9.17, 15) is 0 Å². The summed E-state index contributed by atoms with van der Waals surface area (Å²) in [4.78, 5) is 2.57. The molecule has 0 radical (unpaired) electrons. The van der Waals surface area contributed by atoms with Gasteiger partial charge in [-0.1, -0.05) is 49.5 Å². The lowest BCUT2D eigenvalue weighted by Crippen LogP contribution is -2.60. The number of hydrogen-bond donors (Lipinski definition) is 0. The summed E-state index contributed by atoms with van der Waals surface area (Å²) in [6.45, 7) is 6.16. The molecule has 2 aromatic rings. The maximum Gasteiger partial charge on any atom is 0.117 e. The van der Waals surface area contributed by atoms with E-state index in [2.05, 4.69) is 60.5 Å². The molecular formula is C17H19NSi. The molecule has 0 aromatic heterocycles. The molecule has 0 saturated heterocycles. The molecule has 2 heteroatoms. The molecule has 2 aromatic carbocycles. The zero-order valence-corrected chi connectivity index (χ0v) is 12.6. The first-order valence-electron chi connectivity index (χ1n) is 7.19. The van der Waals surface area contributed by atoms with Crippen LogP contribution in [-0.4, -0.2) is 14.6 Å². The van der Waals surface area contributed by atoms with Crippen LogP contribution >= 0.6 is 0 Å². The second-order valence-electron chi connectivity index (χ2n) is 6.21. The summed E-state index contributed by atoms with van der Waals surface area (Å²) in [5.41, 5.74) is 4.57. The Bertz CT molecular complexity index is 660. The molecule has 0 fully saturated rings. The molecule has 0 unspecified atom stereocenters. The van der Waals surface area contributed by atoms with Crippen LogP contribution in [0.5, 0.6) is 0 Å². The van der Waals surface area contributed by atoms with Gasteiger partial charge in [-0.05, 0) is 34.8 Å². The summed E-state index contributed by atoms with van der Waals surface area (Å²) in [5, 5.41) is 3.23. The summed E-state index contributed by atoms with van der Waals surface area (Å²) in [7, 11) is -1.53. The SMILES string of the molecule is C[Si]1(C)c2ccccc2N2CCCc3cccc1c32. The Morgan fingerprint density at radius 2 is 1.74 bits per heavy atom. The van der Waals surface area contributed by atoms with Gasteiger partial charge in [-0.25, -0.2) is 0 Å². The maximum absolute atomic E-state index is 2.57. The van der Waals surface area contributed by atoms with E-state index < -0.39 is 8.07 Å². The zero-order valence-electron chi connectivity index (χ0n) is 11.6. The number of nitrogens with zero attached hydrogens (tertiary/aromatic N) is 1. The Morgan fingerprint density at radius 3 is 2.63 bits per heavy atom. The Kier molecular flexibility index (Phi) is 2.22. The van der Waals surface area contributed by atoms with Crippen molar-refractivity contribution in [2.75, 3.05) is 11.4 Å². The molecule has 0 amide bonds. The molecule has 0 spiro atoms. The van der Waals surface area contributed by atoms with Gasteiger partial charge in [0.25, 0.3) is 0 Å². The van der Waals surface area contributed by atoms with Crippen LogP contribution in [0.15, 0.2) is 42.5 Å². The minimum absolute atomic E-state index is 1.17. The van der Waals surface area contributed by atoms with Crippen molar-refractivity contribution < 1.29 is 0 Å². The second-order valence-corrected chi connectivity index (χ2v) is 10.5. The fraction of sp³-hybridized carbons (Fsp3) is 0.294. The molecule has 4 rings (SSSR count). The van der Waals surface area contributed by atoms with Gasteiger partial charge < -0.3 is 4.90 Å². The number of rotatable bonds is 0. The summed E-state index contributed by atoms with van der Waals surface area (Å²) in [5.74, 6) is 0. The van der Waals surface area contributed by atoms with Crippen molar-refractivity contribution in [3.05, 3.63) is 48.0 Å². The van der Waals surface area contributed by atoms with Crippen molar-refractivity contribution >= 4 is 29.8 Å². The normalized spacial score (nSPS) is 18.7. The molecule has 0 atom stereocenters. The highest BCUT2D eigenvalue weighted by Gasteiger charge is 2.39. The van der Waals surface area contributed by atoms with E-state index in [4.69, 9.17) is 0 Å². The number of fused-ring (bicyclic) bond motifs is 2. The average molecular weight is 265 g/mol. The quantitative estimate of drug-likeness (QED) is 0.662. The van der Waals surface area contributed by atoms with Gasteiger partial charge in [0.2, 0.25) is 0 Å². The van der Waals surface area contributed by atoms with Crippen LogP contribution in [0.3, 0.4) is 0 Å². The largest absolute Gasteiger partial charge is 0.341 e. The van der Waals surface area contributed by atoms with Gasteiger partial charge in [-0.2, -0.15) is 0 Å². The minimum Gasteiger partial charge on any atom is -0.341 e. The van der Waals surface area contributed by atoms with E-state index in [1.165, 1.54) is 25.1 Å². The Morgan fingerprint density at radius 1 is 0.947 bits per heavy atom. The van der Waals surface area contributed by atoms with Crippen molar-refractivity contribution in [1.82, 2.24) is 0 Å². The van der Waals surface area contributed by atoms with Crippen molar-refractivity contribution in [2.45, 2.75) is 25.9 Å². The summed E-state index contributed by atoms with van der Waals surface area (Å²) in [6, 6.07) is 16.0. The number of aryl methyl sites for hydroxylation is 1. The smallest absolute Gasteiger partial charge is 0.117 e. The average Bonchev–Trinajstić information content (AvgIpc) is 2.45. The van der Waals surface area contributed by atoms with Crippen LogP contribution in [0.1, 0.15) is 12.0 Å². The summed E-state index contributed by atoms with van der Waals surface area (Å²) < 4.78 is 0. The van der Waals surface area contributed by atoms with Crippen molar-refractivity contribution in [3.8, 4) is 0 Å². The number of benzene rings is 2. The van der Waals surface area contributed by atoms with Gasteiger partial charge >= 0.3 is 0 Å². The minimum atomic E-state index is -1.53. The van der Waals surface area contributed by atoms with E-state index in [1.807, 2.05) is 0 Å². The Balaban J connectivity index is 2.08. The van der Waals surface area contributed by atoms with Gasteiger partial charge in [0, 0.05) is 17.9 Å².